The molecule has 1 aromatic heterocycles. The average molecular weight is 198 g/mol. The predicted octanol–water partition coefficient (Wildman–Crippen LogP) is 2.64. The second-order valence-electron chi connectivity index (χ2n) is 3.89. The number of benzene rings is 1. The van der Waals surface area contributed by atoms with E-state index in [4.69, 9.17) is 0 Å². The quantitative estimate of drug-likeness (QED) is 0.653. The molecule has 0 aliphatic carbocycles. The lowest BCUT2D eigenvalue weighted by Gasteiger charge is -2.02. The van der Waals surface area contributed by atoms with E-state index in [9.17, 15) is 0 Å². The minimum absolute atomic E-state index is 0.953. The van der Waals surface area contributed by atoms with Crippen molar-refractivity contribution in [2.24, 2.45) is 0 Å². The van der Waals surface area contributed by atoms with Gasteiger partial charge in [-0.3, -0.25) is 0 Å². The maximum atomic E-state index is 2.28. The molecule has 0 atom stereocenters. The number of pyridine rings is 1. The molecular formula is C14H16N+. The highest BCUT2D eigenvalue weighted by Crippen LogP contribution is 2.02. The smallest absolute Gasteiger partial charge is 0.181 e. The summed E-state index contributed by atoms with van der Waals surface area (Å²) in [5, 5.41) is 0. The van der Waals surface area contributed by atoms with Crippen LogP contribution in [0.3, 0.4) is 0 Å². The SMILES string of the molecule is Cc1ccc[n+](Cc2ccccc2)c1C. The van der Waals surface area contributed by atoms with Crippen LogP contribution in [-0.4, -0.2) is 0 Å². The minimum Gasteiger partial charge on any atom is -0.198 e. The number of aromatic nitrogens is 1. The molecule has 15 heavy (non-hydrogen) atoms. The molecule has 2 aromatic rings. The molecule has 0 amide bonds. The first-order valence-corrected chi connectivity index (χ1v) is 5.27. The molecule has 0 spiro atoms. The van der Waals surface area contributed by atoms with Gasteiger partial charge in [-0.25, -0.2) is 0 Å². The zero-order chi connectivity index (χ0) is 10.7. The van der Waals surface area contributed by atoms with Gasteiger partial charge in [0.05, 0.1) is 0 Å². The van der Waals surface area contributed by atoms with E-state index in [2.05, 4.69) is 67.1 Å². The molecule has 1 heteroatoms. The van der Waals surface area contributed by atoms with E-state index in [-0.39, 0.29) is 0 Å². The van der Waals surface area contributed by atoms with Crippen molar-refractivity contribution in [1.82, 2.24) is 0 Å². The number of hydrogen-bond donors (Lipinski definition) is 0. The van der Waals surface area contributed by atoms with Crippen LogP contribution in [0.25, 0.3) is 0 Å². The van der Waals surface area contributed by atoms with Crippen molar-refractivity contribution in [1.29, 1.82) is 0 Å². The summed E-state index contributed by atoms with van der Waals surface area (Å²) >= 11 is 0. The van der Waals surface area contributed by atoms with Crippen molar-refractivity contribution < 1.29 is 4.57 Å². The monoisotopic (exact) mass is 198 g/mol. The van der Waals surface area contributed by atoms with E-state index in [1.807, 2.05) is 0 Å². The van der Waals surface area contributed by atoms with Crippen molar-refractivity contribution in [3.05, 3.63) is 65.5 Å². The Morgan fingerprint density at radius 3 is 2.40 bits per heavy atom. The van der Waals surface area contributed by atoms with Crippen LogP contribution in [-0.2, 0) is 6.54 Å². The van der Waals surface area contributed by atoms with Gasteiger partial charge in [0.2, 0.25) is 0 Å². The molecule has 0 aliphatic heterocycles. The summed E-state index contributed by atoms with van der Waals surface area (Å²) in [6.07, 6.45) is 2.13. The molecule has 1 aromatic carbocycles. The predicted molar refractivity (Wildman–Crippen MR) is 61.7 cm³/mol. The van der Waals surface area contributed by atoms with Crippen LogP contribution < -0.4 is 4.57 Å². The van der Waals surface area contributed by atoms with Gasteiger partial charge in [0.1, 0.15) is 0 Å². The van der Waals surface area contributed by atoms with Gasteiger partial charge in [-0.15, -0.1) is 0 Å². The molecule has 0 saturated carbocycles. The highest BCUT2D eigenvalue weighted by Gasteiger charge is 2.08. The fourth-order valence-corrected chi connectivity index (χ4v) is 1.70. The molecule has 0 saturated heterocycles. The van der Waals surface area contributed by atoms with Gasteiger partial charge >= 0.3 is 0 Å². The third kappa shape index (κ3) is 2.24. The van der Waals surface area contributed by atoms with Crippen LogP contribution in [0.15, 0.2) is 48.7 Å². The number of nitrogens with zero attached hydrogens (tertiary/aromatic N) is 1. The van der Waals surface area contributed by atoms with Crippen LogP contribution >= 0.6 is 0 Å². The summed E-state index contributed by atoms with van der Waals surface area (Å²) in [7, 11) is 0. The van der Waals surface area contributed by atoms with Gasteiger partial charge in [0, 0.05) is 24.1 Å². The number of hydrogen-bond acceptors (Lipinski definition) is 0. The first-order valence-electron chi connectivity index (χ1n) is 5.27. The molecule has 1 heterocycles. The Balaban J connectivity index is 2.29. The molecule has 0 bridgehead atoms. The highest BCUT2D eigenvalue weighted by atomic mass is 14.9. The van der Waals surface area contributed by atoms with Crippen molar-refractivity contribution >= 4 is 0 Å². The molecule has 0 unspecified atom stereocenters. The Bertz CT molecular complexity index is 446. The minimum atomic E-state index is 0.953. The fraction of sp³-hybridized carbons (Fsp3) is 0.214. The Kier molecular flexibility index (Phi) is 2.82. The highest BCUT2D eigenvalue weighted by molar-refractivity contribution is 5.15. The standard InChI is InChI=1S/C14H16N/c1-12-7-6-10-15(13(12)2)11-14-8-4-3-5-9-14/h3-10H,11H2,1-2H3/q+1. The largest absolute Gasteiger partial charge is 0.198 e. The molecule has 76 valence electrons. The molecule has 0 fully saturated rings. The third-order valence-corrected chi connectivity index (χ3v) is 2.81. The average Bonchev–Trinajstić information content (AvgIpc) is 2.26. The zero-order valence-corrected chi connectivity index (χ0v) is 9.27. The molecule has 0 radical (unpaired) electrons. The molecule has 2 rings (SSSR count). The molecular weight excluding hydrogens is 182 g/mol. The second kappa shape index (κ2) is 4.26. The lowest BCUT2D eigenvalue weighted by Crippen LogP contribution is -2.37. The fourth-order valence-electron chi connectivity index (χ4n) is 1.70. The summed E-state index contributed by atoms with van der Waals surface area (Å²) in [5.41, 5.74) is 4.02. The van der Waals surface area contributed by atoms with Crippen LogP contribution in [0.4, 0.5) is 0 Å². The number of rotatable bonds is 2. The van der Waals surface area contributed by atoms with E-state index in [0.29, 0.717) is 0 Å². The third-order valence-electron chi connectivity index (χ3n) is 2.81. The van der Waals surface area contributed by atoms with Gasteiger partial charge in [-0.1, -0.05) is 30.3 Å². The van der Waals surface area contributed by atoms with Gasteiger partial charge in [-0.05, 0) is 13.0 Å². The van der Waals surface area contributed by atoms with E-state index < -0.39 is 0 Å². The Hall–Kier alpha value is -1.63. The molecule has 0 aliphatic rings. The van der Waals surface area contributed by atoms with E-state index in [0.717, 1.165) is 6.54 Å². The van der Waals surface area contributed by atoms with Crippen molar-refractivity contribution in [3.8, 4) is 0 Å². The normalized spacial score (nSPS) is 10.3. The maximum absolute atomic E-state index is 2.28. The summed E-state index contributed by atoms with van der Waals surface area (Å²) in [6.45, 7) is 5.27. The topological polar surface area (TPSA) is 3.88 Å². The summed E-state index contributed by atoms with van der Waals surface area (Å²) in [6, 6.07) is 14.8. The first kappa shape index (κ1) is 9.91. The van der Waals surface area contributed by atoms with Crippen molar-refractivity contribution in [2.75, 3.05) is 0 Å². The van der Waals surface area contributed by atoms with Gasteiger partial charge in [0.15, 0.2) is 18.4 Å². The van der Waals surface area contributed by atoms with Gasteiger partial charge in [0.25, 0.3) is 0 Å². The van der Waals surface area contributed by atoms with E-state index in [1.165, 1.54) is 16.8 Å². The summed E-state index contributed by atoms with van der Waals surface area (Å²) in [4.78, 5) is 0. The maximum Gasteiger partial charge on any atom is 0.181 e. The summed E-state index contributed by atoms with van der Waals surface area (Å²) in [5.74, 6) is 0. The van der Waals surface area contributed by atoms with Gasteiger partial charge < -0.3 is 0 Å². The van der Waals surface area contributed by atoms with Crippen molar-refractivity contribution in [3.63, 3.8) is 0 Å². The van der Waals surface area contributed by atoms with E-state index >= 15 is 0 Å². The van der Waals surface area contributed by atoms with Crippen LogP contribution in [0.2, 0.25) is 0 Å². The zero-order valence-electron chi connectivity index (χ0n) is 9.27. The van der Waals surface area contributed by atoms with Crippen LogP contribution in [0.1, 0.15) is 16.8 Å². The summed E-state index contributed by atoms with van der Waals surface area (Å²) < 4.78 is 2.28. The van der Waals surface area contributed by atoms with Crippen molar-refractivity contribution in [2.45, 2.75) is 20.4 Å². The van der Waals surface area contributed by atoms with Crippen LogP contribution in [0.5, 0.6) is 0 Å². The lowest BCUT2D eigenvalue weighted by atomic mass is 10.2. The van der Waals surface area contributed by atoms with Gasteiger partial charge in [-0.2, -0.15) is 4.57 Å². The molecule has 0 N–H and O–H groups in total. The Morgan fingerprint density at radius 1 is 0.933 bits per heavy atom. The lowest BCUT2D eigenvalue weighted by molar-refractivity contribution is -0.694. The Morgan fingerprint density at radius 2 is 1.67 bits per heavy atom. The Labute approximate surface area is 91.0 Å². The molecule has 1 nitrogen and oxygen atoms in total. The number of aryl methyl sites for hydroxylation is 1. The second-order valence-corrected chi connectivity index (χ2v) is 3.89. The first-order chi connectivity index (χ1) is 7.27. The van der Waals surface area contributed by atoms with Crippen LogP contribution in [0, 0.1) is 13.8 Å². The van der Waals surface area contributed by atoms with E-state index in [1.54, 1.807) is 0 Å².